The maximum Gasteiger partial charge on any atom is 0.219 e. The number of carbonyl (C=O) groups is 1. The third-order valence-corrected chi connectivity index (χ3v) is 3.34. The molecule has 2 nitrogen and oxygen atoms in total. The fourth-order valence-electron chi connectivity index (χ4n) is 1.76. The van der Waals surface area contributed by atoms with E-state index in [1.54, 1.807) is 11.8 Å². The Morgan fingerprint density at radius 3 is 2.00 bits per heavy atom. The van der Waals surface area contributed by atoms with Crippen LogP contribution in [0.3, 0.4) is 0 Å². The zero-order valence-electron chi connectivity index (χ0n) is 11.7. The highest BCUT2D eigenvalue weighted by Crippen LogP contribution is 2.25. The van der Waals surface area contributed by atoms with E-state index in [0.717, 1.165) is 0 Å². The second kappa shape index (κ2) is 4.91. The minimum Gasteiger partial charge on any atom is -0.339 e. The van der Waals surface area contributed by atoms with E-state index >= 15 is 0 Å². The van der Waals surface area contributed by atoms with Crippen LogP contribution >= 0.6 is 0 Å². The van der Waals surface area contributed by atoms with E-state index in [4.69, 9.17) is 0 Å². The van der Waals surface area contributed by atoms with Gasteiger partial charge in [0.1, 0.15) is 0 Å². The highest BCUT2D eigenvalue weighted by molar-refractivity contribution is 5.73. The average molecular weight is 233 g/mol. The van der Waals surface area contributed by atoms with Crippen molar-refractivity contribution in [2.24, 2.45) is 0 Å². The number of hydrogen-bond donors (Lipinski definition) is 0. The molecule has 0 aromatic heterocycles. The maximum absolute atomic E-state index is 11.3. The summed E-state index contributed by atoms with van der Waals surface area (Å²) >= 11 is 0. The number of hydrogen-bond acceptors (Lipinski definition) is 1. The second-order valence-electron chi connectivity index (χ2n) is 5.68. The number of benzene rings is 1. The molecule has 0 spiro atoms. The Balaban J connectivity index is 2.92. The Morgan fingerprint density at radius 1 is 1.18 bits per heavy atom. The van der Waals surface area contributed by atoms with Crippen LogP contribution in [0.2, 0.25) is 0 Å². The largest absolute Gasteiger partial charge is 0.339 e. The molecule has 1 aromatic rings. The van der Waals surface area contributed by atoms with Crippen molar-refractivity contribution >= 4 is 5.91 Å². The summed E-state index contributed by atoms with van der Waals surface area (Å²) in [5.41, 5.74) is 2.67. The zero-order chi connectivity index (χ0) is 13.2. The van der Waals surface area contributed by atoms with Crippen LogP contribution in [-0.2, 0) is 10.2 Å². The quantitative estimate of drug-likeness (QED) is 0.765. The Hall–Kier alpha value is -1.31. The molecular formula is C15H23NO. The lowest BCUT2D eigenvalue weighted by Crippen LogP contribution is -2.27. The molecule has 0 saturated carbocycles. The van der Waals surface area contributed by atoms with E-state index in [1.165, 1.54) is 11.1 Å². The van der Waals surface area contributed by atoms with E-state index in [2.05, 4.69) is 45.0 Å². The van der Waals surface area contributed by atoms with Gasteiger partial charge in [0, 0.05) is 14.0 Å². The summed E-state index contributed by atoms with van der Waals surface area (Å²) in [5, 5.41) is 0. The number of rotatable bonds is 2. The van der Waals surface area contributed by atoms with Crippen molar-refractivity contribution in [3.05, 3.63) is 35.4 Å². The lowest BCUT2D eigenvalue weighted by molar-refractivity contribution is -0.129. The van der Waals surface area contributed by atoms with Gasteiger partial charge in [-0.15, -0.1) is 0 Å². The first-order valence-electron chi connectivity index (χ1n) is 6.07. The molecule has 0 radical (unpaired) electrons. The Kier molecular flexibility index (Phi) is 3.97. The van der Waals surface area contributed by atoms with Gasteiger partial charge in [0.25, 0.3) is 0 Å². The van der Waals surface area contributed by atoms with Gasteiger partial charge in [-0.05, 0) is 23.5 Å². The van der Waals surface area contributed by atoms with Crippen LogP contribution in [0.25, 0.3) is 0 Å². The first kappa shape index (κ1) is 13.8. The normalized spacial score (nSPS) is 13.3. The van der Waals surface area contributed by atoms with Gasteiger partial charge >= 0.3 is 0 Å². The van der Waals surface area contributed by atoms with Gasteiger partial charge in [0.15, 0.2) is 0 Å². The predicted molar refractivity (Wildman–Crippen MR) is 72.0 cm³/mol. The number of amides is 1. The van der Waals surface area contributed by atoms with Crippen LogP contribution < -0.4 is 0 Å². The highest BCUT2D eigenvalue weighted by Gasteiger charge is 2.16. The third kappa shape index (κ3) is 3.32. The monoisotopic (exact) mass is 233 g/mol. The highest BCUT2D eigenvalue weighted by atomic mass is 16.2. The van der Waals surface area contributed by atoms with Gasteiger partial charge in [-0.3, -0.25) is 4.79 Å². The van der Waals surface area contributed by atoms with E-state index in [1.807, 2.05) is 14.0 Å². The molecule has 2 heteroatoms. The van der Waals surface area contributed by atoms with Crippen molar-refractivity contribution in [3.8, 4) is 0 Å². The Morgan fingerprint density at radius 2 is 1.65 bits per heavy atom. The Bertz CT molecular complexity index is 386. The first-order valence-corrected chi connectivity index (χ1v) is 6.07. The predicted octanol–water partition coefficient (Wildman–Crippen LogP) is 3.52. The van der Waals surface area contributed by atoms with E-state index in [9.17, 15) is 4.79 Å². The standard InChI is InChI=1S/C15H23NO/c1-11(16(6)12(2)17)13-7-9-14(10-8-13)15(3,4)5/h7-11H,1-6H3/t11-/m1/s1. The average Bonchev–Trinajstić information content (AvgIpc) is 2.26. The van der Waals surface area contributed by atoms with Gasteiger partial charge in [0.2, 0.25) is 5.91 Å². The summed E-state index contributed by atoms with van der Waals surface area (Å²) < 4.78 is 0. The molecule has 0 N–H and O–H groups in total. The summed E-state index contributed by atoms with van der Waals surface area (Å²) in [7, 11) is 1.84. The second-order valence-corrected chi connectivity index (χ2v) is 5.68. The third-order valence-electron chi connectivity index (χ3n) is 3.34. The van der Waals surface area contributed by atoms with Gasteiger partial charge in [-0.2, -0.15) is 0 Å². The van der Waals surface area contributed by atoms with Gasteiger partial charge in [-0.25, -0.2) is 0 Å². The minimum absolute atomic E-state index is 0.0948. The molecule has 0 heterocycles. The summed E-state index contributed by atoms with van der Waals surface area (Å²) in [6.07, 6.45) is 0. The van der Waals surface area contributed by atoms with Crippen molar-refractivity contribution in [2.45, 2.75) is 46.1 Å². The van der Waals surface area contributed by atoms with Crippen molar-refractivity contribution in [1.29, 1.82) is 0 Å². The molecule has 0 aliphatic carbocycles. The van der Waals surface area contributed by atoms with Gasteiger partial charge in [-0.1, -0.05) is 45.0 Å². The molecule has 1 aromatic carbocycles. The van der Waals surface area contributed by atoms with Gasteiger partial charge in [0.05, 0.1) is 6.04 Å². The molecule has 0 fully saturated rings. The molecule has 0 aliphatic rings. The molecule has 1 rings (SSSR count). The van der Waals surface area contributed by atoms with Crippen LogP contribution in [0.15, 0.2) is 24.3 Å². The van der Waals surface area contributed by atoms with Crippen LogP contribution in [0.4, 0.5) is 0 Å². The first-order chi connectivity index (χ1) is 7.73. The molecule has 1 atom stereocenters. The van der Waals surface area contributed by atoms with E-state index in [0.29, 0.717) is 0 Å². The molecule has 0 saturated heterocycles. The fourth-order valence-corrected chi connectivity index (χ4v) is 1.76. The molecule has 94 valence electrons. The zero-order valence-corrected chi connectivity index (χ0v) is 11.7. The van der Waals surface area contributed by atoms with Crippen LogP contribution in [0, 0.1) is 0 Å². The fraction of sp³-hybridized carbons (Fsp3) is 0.533. The summed E-state index contributed by atoms with van der Waals surface area (Å²) in [6, 6.07) is 8.66. The molecular weight excluding hydrogens is 210 g/mol. The van der Waals surface area contributed by atoms with Gasteiger partial charge < -0.3 is 4.90 Å². The van der Waals surface area contributed by atoms with Crippen molar-refractivity contribution in [1.82, 2.24) is 4.90 Å². The van der Waals surface area contributed by atoms with E-state index in [-0.39, 0.29) is 17.4 Å². The maximum atomic E-state index is 11.3. The lowest BCUT2D eigenvalue weighted by Gasteiger charge is -2.25. The Labute approximate surface area is 105 Å². The van der Waals surface area contributed by atoms with E-state index < -0.39 is 0 Å². The topological polar surface area (TPSA) is 20.3 Å². The smallest absolute Gasteiger partial charge is 0.219 e. The summed E-state index contributed by atoms with van der Waals surface area (Å²) in [4.78, 5) is 13.1. The molecule has 0 aliphatic heterocycles. The number of carbonyl (C=O) groups excluding carboxylic acids is 1. The van der Waals surface area contributed by atoms with Crippen LogP contribution in [0.1, 0.15) is 51.8 Å². The number of nitrogens with zero attached hydrogens (tertiary/aromatic N) is 1. The minimum atomic E-state index is 0.0948. The molecule has 17 heavy (non-hydrogen) atoms. The summed E-state index contributed by atoms with van der Waals surface area (Å²) in [6.45, 7) is 10.3. The van der Waals surface area contributed by atoms with Crippen LogP contribution in [-0.4, -0.2) is 17.9 Å². The van der Waals surface area contributed by atoms with Crippen molar-refractivity contribution in [3.63, 3.8) is 0 Å². The van der Waals surface area contributed by atoms with Crippen molar-refractivity contribution < 1.29 is 4.79 Å². The summed E-state index contributed by atoms with van der Waals surface area (Å²) in [5.74, 6) is 0.0948. The van der Waals surface area contributed by atoms with Crippen molar-refractivity contribution in [2.75, 3.05) is 7.05 Å². The lowest BCUT2D eigenvalue weighted by atomic mass is 9.86. The molecule has 0 unspecified atom stereocenters. The molecule has 0 bridgehead atoms. The molecule has 1 amide bonds. The SMILES string of the molecule is CC(=O)N(C)[C@H](C)c1ccc(C(C)(C)C)cc1. The van der Waals surface area contributed by atoms with Crippen LogP contribution in [0.5, 0.6) is 0 Å².